The summed E-state index contributed by atoms with van der Waals surface area (Å²) in [7, 11) is 0. The number of halogens is 2. The molecule has 0 aliphatic rings. The summed E-state index contributed by atoms with van der Waals surface area (Å²) < 4.78 is 0.973. The normalized spacial score (nSPS) is 13.1. The van der Waals surface area contributed by atoms with Gasteiger partial charge >= 0.3 is 0 Å². The van der Waals surface area contributed by atoms with Gasteiger partial charge < -0.3 is 10.6 Å². The second-order valence-corrected chi connectivity index (χ2v) is 7.06. The number of rotatable bonds is 5. The van der Waals surface area contributed by atoms with Gasteiger partial charge in [-0.25, -0.2) is 0 Å². The first-order valence-electron chi connectivity index (χ1n) is 6.82. The van der Waals surface area contributed by atoms with Crippen molar-refractivity contribution >= 4 is 45.6 Å². The van der Waals surface area contributed by atoms with Crippen molar-refractivity contribution in [2.75, 3.05) is 6.54 Å². The number of nitrogens with two attached hydrogens (primary N) is 1. The molecule has 0 spiro atoms. The molecule has 0 saturated carbocycles. The van der Waals surface area contributed by atoms with E-state index in [1.807, 2.05) is 48.7 Å². The van der Waals surface area contributed by atoms with Gasteiger partial charge in [-0.15, -0.1) is 23.7 Å². The molecule has 2 aromatic rings. The fourth-order valence-corrected chi connectivity index (χ4v) is 3.15. The van der Waals surface area contributed by atoms with E-state index in [-0.39, 0.29) is 18.3 Å². The highest BCUT2D eigenvalue weighted by molar-refractivity contribution is 9.10. The lowest BCUT2D eigenvalue weighted by atomic mass is 9.91. The van der Waals surface area contributed by atoms with Gasteiger partial charge in [0.2, 0.25) is 5.91 Å². The molecule has 6 heteroatoms. The van der Waals surface area contributed by atoms with E-state index in [9.17, 15) is 4.79 Å². The molecule has 120 valence electrons. The van der Waals surface area contributed by atoms with Gasteiger partial charge in [0, 0.05) is 15.9 Å². The van der Waals surface area contributed by atoms with Crippen molar-refractivity contribution in [2.45, 2.75) is 25.9 Å². The van der Waals surface area contributed by atoms with Crippen LogP contribution >= 0.6 is 39.7 Å². The summed E-state index contributed by atoms with van der Waals surface area (Å²) >= 11 is 5.05. The van der Waals surface area contributed by atoms with Gasteiger partial charge in [0.05, 0.1) is 6.54 Å². The van der Waals surface area contributed by atoms with Gasteiger partial charge in [-0.05, 0) is 43.0 Å². The van der Waals surface area contributed by atoms with Crippen LogP contribution in [0.4, 0.5) is 0 Å². The molecule has 22 heavy (non-hydrogen) atoms. The molecule has 1 amide bonds. The molecule has 1 aromatic heterocycles. The monoisotopic (exact) mass is 402 g/mol. The molecule has 3 nitrogen and oxygen atoms in total. The van der Waals surface area contributed by atoms with Crippen LogP contribution in [0, 0.1) is 0 Å². The van der Waals surface area contributed by atoms with Crippen LogP contribution in [0.25, 0.3) is 0 Å². The second-order valence-electron chi connectivity index (χ2n) is 5.11. The Morgan fingerprint density at radius 2 is 1.95 bits per heavy atom. The number of nitrogens with zero attached hydrogens (tertiary/aromatic N) is 1. The highest BCUT2D eigenvalue weighted by Gasteiger charge is 2.34. The molecule has 2 N–H and O–H groups in total. The number of hydrogen-bond donors (Lipinski definition) is 1. The first-order valence-corrected chi connectivity index (χ1v) is 8.49. The Kier molecular flexibility index (Phi) is 7.06. The van der Waals surface area contributed by atoms with Crippen LogP contribution in [0.1, 0.15) is 24.3 Å². The molecular formula is C16H20BrClN2OS. The zero-order valence-electron chi connectivity index (χ0n) is 12.6. The second kappa shape index (κ2) is 8.11. The number of benzene rings is 1. The average molecular weight is 404 g/mol. The zero-order valence-corrected chi connectivity index (χ0v) is 15.8. The molecule has 2 rings (SSSR count). The summed E-state index contributed by atoms with van der Waals surface area (Å²) in [5.41, 5.74) is 6.13. The maximum absolute atomic E-state index is 12.8. The Bertz CT molecular complexity index is 599. The highest BCUT2D eigenvalue weighted by atomic mass is 79.9. The van der Waals surface area contributed by atoms with Crippen molar-refractivity contribution in [1.82, 2.24) is 4.90 Å². The van der Waals surface area contributed by atoms with Gasteiger partial charge in [-0.3, -0.25) is 4.79 Å². The zero-order chi connectivity index (χ0) is 15.5. The van der Waals surface area contributed by atoms with Crippen LogP contribution in [0.15, 0.2) is 46.3 Å². The summed E-state index contributed by atoms with van der Waals surface area (Å²) in [6, 6.07) is 11.6. The van der Waals surface area contributed by atoms with Crippen LogP contribution in [0.5, 0.6) is 0 Å². The van der Waals surface area contributed by atoms with Crippen LogP contribution in [-0.2, 0) is 16.9 Å². The number of thiophene rings is 1. The van der Waals surface area contributed by atoms with Gasteiger partial charge in [-0.1, -0.05) is 34.1 Å². The number of carbonyl (C=O) groups excluding carboxylic acids is 1. The summed E-state index contributed by atoms with van der Waals surface area (Å²) in [6.07, 6.45) is 0. The molecular weight excluding hydrogens is 384 g/mol. The van der Waals surface area contributed by atoms with E-state index >= 15 is 0 Å². The Labute approximate surface area is 150 Å². The van der Waals surface area contributed by atoms with Gasteiger partial charge in [-0.2, -0.15) is 0 Å². The minimum atomic E-state index is -1.02. The van der Waals surface area contributed by atoms with Gasteiger partial charge in [0.25, 0.3) is 0 Å². The van der Waals surface area contributed by atoms with Crippen molar-refractivity contribution in [3.8, 4) is 0 Å². The molecule has 1 unspecified atom stereocenters. The minimum absolute atomic E-state index is 0. The van der Waals surface area contributed by atoms with E-state index in [1.165, 1.54) is 0 Å². The predicted octanol–water partition coefficient (Wildman–Crippen LogP) is 4.16. The lowest BCUT2D eigenvalue weighted by molar-refractivity contribution is -0.137. The molecule has 0 bridgehead atoms. The third-order valence-electron chi connectivity index (χ3n) is 3.48. The standard InChI is InChI=1S/C16H19BrN2OS.ClH/c1-3-19(11-14-5-4-10-21-14)15(20)16(2,18)12-6-8-13(17)9-7-12;/h4-10H,3,11,18H2,1-2H3;1H. The smallest absolute Gasteiger partial charge is 0.247 e. The number of amides is 1. The fraction of sp³-hybridized carbons (Fsp3) is 0.312. The van der Waals surface area contributed by atoms with E-state index < -0.39 is 5.54 Å². The molecule has 1 heterocycles. The predicted molar refractivity (Wildman–Crippen MR) is 98.3 cm³/mol. The number of likely N-dealkylation sites (N-methyl/N-ethyl adjacent to an activating group) is 1. The third kappa shape index (κ3) is 4.32. The minimum Gasteiger partial charge on any atom is -0.336 e. The van der Waals surface area contributed by atoms with Crippen molar-refractivity contribution in [2.24, 2.45) is 5.73 Å². The van der Waals surface area contributed by atoms with Crippen molar-refractivity contribution in [3.63, 3.8) is 0 Å². The average Bonchev–Trinajstić information content (AvgIpc) is 2.97. The van der Waals surface area contributed by atoms with E-state index in [0.717, 1.165) is 14.9 Å². The lowest BCUT2D eigenvalue weighted by Gasteiger charge is -2.31. The Morgan fingerprint density at radius 1 is 1.32 bits per heavy atom. The van der Waals surface area contributed by atoms with Gasteiger partial charge in [0.1, 0.15) is 5.54 Å². The Balaban J connectivity index is 0.00000242. The fourth-order valence-electron chi connectivity index (χ4n) is 2.17. The number of carbonyl (C=O) groups is 1. The van der Waals surface area contributed by atoms with Crippen LogP contribution in [0.3, 0.4) is 0 Å². The summed E-state index contributed by atoms with van der Waals surface area (Å²) in [5.74, 6) is -0.0549. The van der Waals surface area contributed by atoms with Crippen LogP contribution in [-0.4, -0.2) is 17.4 Å². The summed E-state index contributed by atoms with van der Waals surface area (Å²) in [4.78, 5) is 15.8. The molecule has 0 radical (unpaired) electrons. The molecule has 0 saturated heterocycles. The molecule has 1 atom stereocenters. The van der Waals surface area contributed by atoms with Gasteiger partial charge in [0.15, 0.2) is 0 Å². The maximum atomic E-state index is 12.8. The molecule has 0 aliphatic heterocycles. The third-order valence-corrected chi connectivity index (χ3v) is 4.87. The van der Waals surface area contributed by atoms with E-state index in [2.05, 4.69) is 15.9 Å². The SMILES string of the molecule is CCN(Cc1cccs1)C(=O)C(C)(N)c1ccc(Br)cc1.Cl. The summed E-state index contributed by atoms with van der Waals surface area (Å²) in [5, 5.41) is 2.02. The van der Waals surface area contributed by atoms with Crippen LogP contribution in [0.2, 0.25) is 0 Å². The Morgan fingerprint density at radius 3 is 2.45 bits per heavy atom. The topological polar surface area (TPSA) is 46.3 Å². The van der Waals surface area contributed by atoms with E-state index in [0.29, 0.717) is 13.1 Å². The van der Waals surface area contributed by atoms with Crippen LogP contribution < -0.4 is 5.73 Å². The molecule has 0 fully saturated rings. The highest BCUT2D eigenvalue weighted by Crippen LogP contribution is 2.24. The maximum Gasteiger partial charge on any atom is 0.247 e. The first kappa shape index (κ1) is 19.2. The van der Waals surface area contributed by atoms with E-state index in [4.69, 9.17) is 5.73 Å². The number of hydrogen-bond acceptors (Lipinski definition) is 3. The quantitative estimate of drug-likeness (QED) is 0.815. The summed E-state index contributed by atoms with van der Waals surface area (Å²) in [6.45, 7) is 5.00. The lowest BCUT2D eigenvalue weighted by Crippen LogP contribution is -2.50. The van der Waals surface area contributed by atoms with Crippen molar-refractivity contribution in [1.29, 1.82) is 0 Å². The van der Waals surface area contributed by atoms with E-state index in [1.54, 1.807) is 23.2 Å². The molecule has 1 aromatic carbocycles. The van der Waals surface area contributed by atoms with Crippen molar-refractivity contribution in [3.05, 3.63) is 56.7 Å². The molecule has 0 aliphatic carbocycles. The van der Waals surface area contributed by atoms with Crippen molar-refractivity contribution < 1.29 is 4.79 Å². The Hall–Kier alpha value is -0.880. The largest absolute Gasteiger partial charge is 0.336 e. The first-order chi connectivity index (χ1) is 9.95.